The second-order valence-electron chi connectivity index (χ2n) is 5.71. The van der Waals surface area contributed by atoms with Crippen molar-refractivity contribution in [3.8, 4) is 0 Å². The Bertz CT molecular complexity index is 266. The van der Waals surface area contributed by atoms with Gasteiger partial charge in [0, 0.05) is 51.2 Å². The summed E-state index contributed by atoms with van der Waals surface area (Å²) in [5.41, 5.74) is 0. The molecule has 0 aromatic carbocycles. The minimum absolute atomic E-state index is 0.109. The van der Waals surface area contributed by atoms with Gasteiger partial charge in [0.25, 0.3) is 0 Å². The topological polar surface area (TPSA) is 35.6 Å². The molecular formula is C13H25N3O. The summed E-state index contributed by atoms with van der Waals surface area (Å²) in [4.78, 5) is 16.1. The molecule has 0 atom stereocenters. The fraction of sp³-hybridized carbons (Fsp3) is 0.923. The number of hydrogen-bond donors (Lipinski definition) is 1. The van der Waals surface area contributed by atoms with Crippen LogP contribution in [0, 0.1) is 0 Å². The van der Waals surface area contributed by atoms with Gasteiger partial charge in [0.15, 0.2) is 0 Å². The number of rotatable bonds is 3. The quantitative estimate of drug-likeness (QED) is 0.786. The largest absolute Gasteiger partial charge is 0.354 e. The first-order chi connectivity index (χ1) is 8.06. The Balaban J connectivity index is 1.68. The number of carbonyl (C=O) groups excluding carboxylic acids is 1. The second kappa shape index (κ2) is 5.36. The zero-order valence-corrected chi connectivity index (χ0v) is 11.3. The molecule has 4 heteroatoms. The van der Waals surface area contributed by atoms with E-state index in [0.29, 0.717) is 12.1 Å². The third-order valence-corrected chi connectivity index (χ3v) is 4.07. The molecule has 0 aromatic heterocycles. The molecule has 0 unspecified atom stereocenters. The molecule has 0 saturated carbocycles. The molecule has 4 nitrogen and oxygen atoms in total. The lowest BCUT2D eigenvalue weighted by Gasteiger charge is -2.49. The zero-order chi connectivity index (χ0) is 12.4. The van der Waals surface area contributed by atoms with Crippen molar-refractivity contribution in [3.05, 3.63) is 0 Å². The Morgan fingerprint density at radius 2 is 1.82 bits per heavy atom. The number of nitrogens with one attached hydrogen (secondary N) is 1. The Morgan fingerprint density at radius 3 is 2.29 bits per heavy atom. The zero-order valence-electron chi connectivity index (χ0n) is 11.3. The van der Waals surface area contributed by atoms with Gasteiger partial charge in [-0.1, -0.05) is 0 Å². The Morgan fingerprint density at radius 1 is 1.24 bits per heavy atom. The molecule has 98 valence electrons. The van der Waals surface area contributed by atoms with Crippen LogP contribution in [-0.2, 0) is 4.79 Å². The van der Waals surface area contributed by atoms with E-state index in [-0.39, 0.29) is 5.91 Å². The first-order valence-corrected chi connectivity index (χ1v) is 6.81. The predicted molar refractivity (Wildman–Crippen MR) is 68.9 cm³/mol. The summed E-state index contributed by atoms with van der Waals surface area (Å²) in [6.07, 6.45) is 2.22. The van der Waals surface area contributed by atoms with Crippen LogP contribution < -0.4 is 5.32 Å². The molecule has 2 saturated heterocycles. The summed E-state index contributed by atoms with van der Waals surface area (Å²) < 4.78 is 0. The van der Waals surface area contributed by atoms with Crippen molar-refractivity contribution >= 4 is 5.91 Å². The van der Waals surface area contributed by atoms with E-state index in [0.717, 1.165) is 32.0 Å². The van der Waals surface area contributed by atoms with Crippen molar-refractivity contribution in [2.75, 3.05) is 26.2 Å². The normalized spacial score (nSPS) is 24.9. The van der Waals surface area contributed by atoms with Crippen LogP contribution in [0.3, 0.4) is 0 Å². The van der Waals surface area contributed by atoms with Crippen molar-refractivity contribution < 1.29 is 4.79 Å². The van der Waals surface area contributed by atoms with Gasteiger partial charge in [0.2, 0.25) is 5.91 Å². The highest BCUT2D eigenvalue weighted by atomic mass is 16.1. The van der Waals surface area contributed by atoms with Gasteiger partial charge in [-0.3, -0.25) is 14.6 Å². The van der Waals surface area contributed by atoms with E-state index >= 15 is 0 Å². The van der Waals surface area contributed by atoms with Gasteiger partial charge < -0.3 is 5.32 Å². The van der Waals surface area contributed by atoms with Crippen molar-refractivity contribution in [2.45, 2.75) is 51.7 Å². The maximum atomic E-state index is 11.0. The number of amides is 1. The van der Waals surface area contributed by atoms with Crippen LogP contribution >= 0.6 is 0 Å². The summed E-state index contributed by atoms with van der Waals surface area (Å²) in [6, 6.07) is 1.85. The molecule has 2 aliphatic rings. The molecule has 2 fully saturated rings. The maximum Gasteiger partial charge on any atom is 0.217 e. The lowest BCUT2D eigenvalue weighted by atomic mass is 9.98. The Labute approximate surface area is 104 Å². The maximum absolute atomic E-state index is 11.0. The highest BCUT2D eigenvalue weighted by Gasteiger charge is 2.34. The molecule has 2 rings (SSSR count). The first kappa shape index (κ1) is 12.8. The molecule has 0 radical (unpaired) electrons. The van der Waals surface area contributed by atoms with Crippen molar-refractivity contribution in [1.82, 2.24) is 15.1 Å². The lowest BCUT2D eigenvalue weighted by Crippen LogP contribution is -2.63. The number of likely N-dealkylation sites (tertiary alicyclic amines) is 2. The third kappa shape index (κ3) is 3.19. The fourth-order valence-electron chi connectivity index (χ4n) is 2.84. The molecule has 2 aliphatic heterocycles. The van der Waals surface area contributed by atoms with Crippen molar-refractivity contribution in [2.24, 2.45) is 0 Å². The number of piperidine rings is 1. The van der Waals surface area contributed by atoms with Gasteiger partial charge in [-0.15, -0.1) is 0 Å². The monoisotopic (exact) mass is 239 g/mol. The minimum Gasteiger partial charge on any atom is -0.354 e. The Kier molecular flexibility index (Phi) is 4.05. The van der Waals surface area contributed by atoms with Crippen molar-refractivity contribution in [3.63, 3.8) is 0 Å². The molecule has 1 N–H and O–H groups in total. The molecule has 2 heterocycles. The SMILES string of the molecule is CC(=O)NC1CCN(C2CN(C(C)C)C2)CC1. The van der Waals surface area contributed by atoms with E-state index in [2.05, 4.69) is 29.0 Å². The van der Waals surface area contributed by atoms with E-state index in [4.69, 9.17) is 0 Å². The minimum atomic E-state index is 0.109. The summed E-state index contributed by atoms with van der Waals surface area (Å²) >= 11 is 0. The van der Waals surface area contributed by atoms with Crippen LogP contribution in [0.2, 0.25) is 0 Å². The highest BCUT2D eigenvalue weighted by Crippen LogP contribution is 2.21. The summed E-state index contributed by atoms with van der Waals surface area (Å²) in [5, 5.41) is 3.03. The van der Waals surface area contributed by atoms with Gasteiger partial charge in [0.1, 0.15) is 0 Å². The molecule has 1 amide bonds. The van der Waals surface area contributed by atoms with Gasteiger partial charge in [-0.2, -0.15) is 0 Å². The fourth-order valence-corrected chi connectivity index (χ4v) is 2.84. The molecule has 0 spiro atoms. The molecular weight excluding hydrogens is 214 g/mol. The van der Waals surface area contributed by atoms with Crippen LogP contribution in [0.1, 0.15) is 33.6 Å². The summed E-state index contributed by atoms with van der Waals surface area (Å²) in [7, 11) is 0. The highest BCUT2D eigenvalue weighted by molar-refractivity contribution is 5.73. The summed E-state index contributed by atoms with van der Waals surface area (Å²) in [5.74, 6) is 0.109. The number of hydrogen-bond acceptors (Lipinski definition) is 3. The van der Waals surface area contributed by atoms with Crippen LogP contribution in [0.15, 0.2) is 0 Å². The standard InChI is InChI=1S/C13H25N3O/c1-10(2)16-8-13(9-16)15-6-4-12(5-7-15)14-11(3)17/h10,12-13H,4-9H2,1-3H3,(H,14,17). The average molecular weight is 239 g/mol. The molecule has 0 aliphatic carbocycles. The van der Waals surface area contributed by atoms with E-state index in [9.17, 15) is 4.79 Å². The van der Waals surface area contributed by atoms with E-state index in [1.165, 1.54) is 13.1 Å². The van der Waals surface area contributed by atoms with Crippen LogP contribution in [0.5, 0.6) is 0 Å². The summed E-state index contributed by atoms with van der Waals surface area (Å²) in [6.45, 7) is 10.9. The van der Waals surface area contributed by atoms with Crippen LogP contribution in [-0.4, -0.2) is 60.0 Å². The van der Waals surface area contributed by atoms with Gasteiger partial charge in [-0.25, -0.2) is 0 Å². The van der Waals surface area contributed by atoms with Gasteiger partial charge in [-0.05, 0) is 26.7 Å². The van der Waals surface area contributed by atoms with Crippen LogP contribution in [0.4, 0.5) is 0 Å². The van der Waals surface area contributed by atoms with Gasteiger partial charge >= 0.3 is 0 Å². The van der Waals surface area contributed by atoms with E-state index in [1.54, 1.807) is 6.92 Å². The van der Waals surface area contributed by atoms with E-state index in [1.807, 2.05) is 0 Å². The Hall–Kier alpha value is -0.610. The van der Waals surface area contributed by atoms with Crippen molar-refractivity contribution in [1.29, 1.82) is 0 Å². The van der Waals surface area contributed by atoms with Crippen LogP contribution in [0.25, 0.3) is 0 Å². The predicted octanol–water partition coefficient (Wildman–Crippen LogP) is 0.680. The average Bonchev–Trinajstić information content (AvgIpc) is 2.16. The number of carbonyl (C=O) groups is 1. The van der Waals surface area contributed by atoms with Gasteiger partial charge in [0.05, 0.1) is 0 Å². The smallest absolute Gasteiger partial charge is 0.217 e. The lowest BCUT2D eigenvalue weighted by molar-refractivity contribution is -0.120. The number of nitrogens with zero attached hydrogens (tertiary/aromatic N) is 2. The van der Waals surface area contributed by atoms with E-state index < -0.39 is 0 Å². The molecule has 0 bridgehead atoms. The molecule has 17 heavy (non-hydrogen) atoms. The second-order valence-corrected chi connectivity index (χ2v) is 5.71. The third-order valence-electron chi connectivity index (χ3n) is 4.07. The first-order valence-electron chi connectivity index (χ1n) is 6.81. The molecule has 0 aromatic rings.